The molecule has 0 fully saturated rings. The summed E-state index contributed by atoms with van der Waals surface area (Å²) in [7, 11) is 1.89. The quantitative estimate of drug-likeness (QED) is 0.859. The summed E-state index contributed by atoms with van der Waals surface area (Å²) in [6, 6.07) is 1.90. The van der Waals surface area contributed by atoms with E-state index in [9.17, 15) is 0 Å². The smallest absolute Gasteiger partial charge is 0.156 e. The van der Waals surface area contributed by atoms with Crippen LogP contribution in [0.25, 0.3) is 5.82 Å². The Balaban J connectivity index is 2.35. The van der Waals surface area contributed by atoms with Gasteiger partial charge in [0.1, 0.15) is 6.33 Å². The largest absolute Gasteiger partial charge is 0.316 e. The van der Waals surface area contributed by atoms with Gasteiger partial charge in [-0.1, -0.05) is 11.6 Å². The molecule has 0 atom stereocenters. The first-order valence-corrected chi connectivity index (χ1v) is 4.96. The molecule has 2 rings (SSSR count). The summed E-state index contributed by atoms with van der Waals surface area (Å²) < 4.78 is 1.78. The van der Waals surface area contributed by atoms with Gasteiger partial charge in [0.2, 0.25) is 0 Å². The van der Waals surface area contributed by atoms with Crippen LogP contribution in [0.4, 0.5) is 0 Å². The van der Waals surface area contributed by atoms with E-state index in [4.69, 9.17) is 11.6 Å². The number of nitrogens with zero attached hydrogens (tertiary/aromatic N) is 3. The fourth-order valence-corrected chi connectivity index (χ4v) is 1.63. The number of halogens is 1. The highest BCUT2D eigenvalue weighted by molar-refractivity contribution is 6.32. The van der Waals surface area contributed by atoms with Crippen LogP contribution in [-0.2, 0) is 6.54 Å². The van der Waals surface area contributed by atoms with Crippen molar-refractivity contribution < 1.29 is 0 Å². The lowest BCUT2D eigenvalue weighted by Crippen LogP contribution is -2.06. The van der Waals surface area contributed by atoms with E-state index in [2.05, 4.69) is 15.3 Å². The number of rotatable bonds is 3. The van der Waals surface area contributed by atoms with E-state index in [1.807, 2.05) is 19.3 Å². The van der Waals surface area contributed by atoms with E-state index < -0.39 is 0 Å². The first-order chi connectivity index (χ1) is 7.31. The van der Waals surface area contributed by atoms with Crippen molar-refractivity contribution >= 4 is 11.6 Å². The van der Waals surface area contributed by atoms with Crippen molar-refractivity contribution in [2.75, 3.05) is 7.05 Å². The van der Waals surface area contributed by atoms with E-state index >= 15 is 0 Å². The van der Waals surface area contributed by atoms with Crippen molar-refractivity contribution in [3.63, 3.8) is 0 Å². The van der Waals surface area contributed by atoms with E-state index in [-0.39, 0.29) is 0 Å². The Hall–Kier alpha value is -1.39. The lowest BCUT2D eigenvalue weighted by molar-refractivity contribution is 0.810. The molecule has 0 unspecified atom stereocenters. The Bertz CT molecular complexity index is 439. The Kier molecular flexibility index (Phi) is 2.99. The summed E-state index contributed by atoms with van der Waals surface area (Å²) in [6.07, 6.45) is 6.98. The number of nitrogens with one attached hydrogen (secondary N) is 1. The average molecular weight is 223 g/mol. The molecule has 0 bridgehead atoms. The average Bonchev–Trinajstić information content (AvgIpc) is 2.71. The van der Waals surface area contributed by atoms with Crippen molar-refractivity contribution in [3.8, 4) is 5.82 Å². The molecule has 2 aromatic rings. The SMILES string of the molecule is CNCc1cnc(-n2ccnc2)c(Cl)c1. The summed E-state index contributed by atoms with van der Waals surface area (Å²) in [5, 5.41) is 3.67. The molecule has 0 aromatic carbocycles. The van der Waals surface area contributed by atoms with Gasteiger partial charge in [0.05, 0.1) is 5.02 Å². The van der Waals surface area contributed by atoms with Gasteiger partial charge in [0, 0.05) is 25.1 Å². The molecule has 0 radical (unpaired) electrons. The molecular weight excluding hydrogens is 212 g/mol. The van der Waals surface area contributed by atoms with Gasteiger partial charge < -0.3 is 5.32 Å². The van der Waals surface area contributed by atoms with Gasteiger partial charge in [-0.3, -0.25) is 4.57 Å². The van der Waals surface area contributed by atoms with E-state index in [0.29, 0.717) is 10.8 Å². The predicted octanol–water partition coefficient (Wildman–Crippen LogP) is 1.64. The molecule has 0 saturated heterocycles. The van der Waals surface area contributed by atoms with Gasteiger partial charge in [0.15, 0.2) is 5.82 Å². The van der Waals surface area contributed by atoms with Crippen molar-refractivity contribution in [2.45, 2.75) is 6.54 Å². The summed E-state index contributed by atoms with van der Waals surface area (Å²) in [5.74, 6) is 0.703. The molecule has 15 heavy (non-hydrogen) atoms. The van der Waals surface area contributed by atoms with E-state index in [1.54, 1.807) is 23.3 Å². The standard InChI is InChI=1S/C10H11ClN4/c1-12-5-8-4-9(11)10(14-6-8)15-3-2-13-7-15/h2-4,6-7,12H,5H2,1H3. The van der Waals surface area contributed by atoms with Crippen molar-refractivity contribution in [1.29, 1.82) is 0 Å². The first-order valence-electron chi connectivity index (χ1n) is 4.58. The molecule has 2 aromatic heterocycles. The Morgan fingerprint density at radius 2 is 2.40 bits per heavy atom. The van der Waals surface area contributed by atoms with Gasteiger partial charge in [-0.15, -0.1) is 0 Å². The number of pyridine rings is 1. The van der Waals surface area contributed by atoms with Crippen molar-refractivity contribution in [3.05, 3.63) is 41.6 Å². The van der Waals surface area contributed by atoms with Gasteiger partial charge in [-0.05, 0) is 18.7 Å². The topological polar surface area (TPSA) is 42.7 Å². The molecular formula is C10H11ClN4. The zero-order valence-corrected chi connectivity index (χ0v) is 9.07. The fraction of sp³-hybridized carbons (Fsp3) is 0.200. The van der Waals surface area contributed by atoms with Crippen LogP contribution >= 0.6 is 11.6 Å². The Labute approximate surface area is 92.9 Å². The Morgan fingerprint density at radius 3 is 3.00 bits per heavy atom. The maximum absolute atomic E-state index is 6.12. The van der Waals surface area contributed by atoms with Gasteiger partial charge in [-0.25, -0.2) is 9.97 Å². The van der Waals surface area contributed by atoms with Gasteiger partial charge >= 0.3 is 0 Å². The molecule has 0 saturated carbocycles. The van der Waals surface area contributed by atoms with Crippen LogP contribution in [0, 0.1) is 0 Å². The van der Waals surface area contributed by atoms with Crippen molar-refractivity contribution in [1.82, 2.24) is 19.9 Å². The van der Waals surface area contributed by atoms with Crippen LogP contribution in [0.15, 0.2) is 31.0 Å². The Morgan fingerprint density at radius 1 is 1.53 bits per heavy atom. The van der Waals surface area contributed by atoms with Crippen LogP contribution in [0.2, 0.25) is 5.02 Å². The third-order valence-corrected chi connectivity index (χ3v) is 2.29. The molecule has 2 heterocycles. The molecule has 0 aliphatic rings. The van der Waals surface area contributed by atoms with Crippen LogP contribution in [0.3, 0.4) is 0 Å². The zero-order valence-electron chi connectivity index (χ0n) is 8.31. The molecule has 0 amide bonds. The number of hydrogen-bond acceptors (Lipinski definition) is 3. The summed E-state index contributed by atoms with van der Waals surface area (Å²) in [4.78, 5) is 8.24. The summed E-state index contributed by atoms with van der Waals surface area (Å²) >= 11 is 6.12. The number of hydrogen-bond donors (Lipinski definition) is 1. The van der Waals surface area contributed by atoms with Crippen LogP contribution in [-0.4, -0.2) is 21.6 Å². The molecule has 0 aliphatic carbocycles. The highest BCUT2D eigenvalue weighted by Gasteiger charge is 2.04. The number of imidazole rings is 1. The lowest BCUT2D eigenvalue weighted by atomic mass is 10.3. The number of aromatic nitrogens is 3. The maximum atomic E-state index is 6.12. The molecule has 5 heteroatoms. The monoisotopic (exact) mass is 222 g/mol. The third-order valence-electron chi connectivity index (χ3n) is 2.01. The summed E-state index contributed by atoms with van der Waals surface area (Å²) in [5.41, 5.74) is 1.06. The molecule has 4 nitrogen and oxygen atoms in total. The van der Waals surface area contributed by atoms with Crippen LogP contribution < -0.4 is 5.32 Å². The zero-order chi connectivity index (χ0) is 10.7. The normalized spacial score (nSPS) is 10.5. The minimum atomic E-state index is 0.626. The third kappa shape index (κ3) is 2.16. The second-order valence-corrected chi connectivity index (χ2v) is 3.56. The van der Waals surface area contributed by atoms with Crippen LogP contribution in [0.5, 0.6) is 0 Å². The fourth-order valence-electron chi connectivity index (χ4n) is 1.35. The summed E-state index contributed by atoms with van der Waals surface area (Å²) in [6.45, 7) is 0.761. The van der Waals surface area contributed by atoms with E-state index in [0.717, 1.165) is 12.1 Å². The highest BCUT2D eigenvalue weighted by Crippen LogP contribution is 2.18. The maximum Gasteiger partial charge on any atom is 0.156 e. The van der Waals surface area contributed by atoms with E-state index in [1.165, 1.54) is 0 Å². The molecule has 78 valence electrons. The lowest BCUT2D eigenvalue weighted by Gasteiger charge is -2.06. The molecule has 0 aliphatic heterocycles. The highest BCUT2D eigenvalue weighted by atomic mass is 35.5. The minimum absolute atomic E-state index is 0.626. The van der Waals surface area contributed by atoms with Crippen molar-refractivity contribution in [2.24, 2.45) is 0 Å². The van der Waals surface area contributed by atoms with Gasteiger partial charge in [-0.2, -0.15) is 0 Å². The molecule has 1 N–H and O–H groups in total. The minimum Gasteiger partial charge on any atom is -0.316 e. The first kappa shape index (κ1) is 10.1. The predicted molar refractivity (Wildman–Crippen MR) is 59.1 cm³/mol. The van der Waals surface area contributed by atoms with Gasteiger partial charge in [0.25, 0.3) is 0 Å². The second-order valence-electron chi connectivity index (χ2n) is 3.15. The molecule has 0 spiro atoms. The van der Waals surface area contributed by atoms with Crippen LogP contribution in [0.1, 0.15) is 5.56 Å². The second kappa shape index (κ2) is 4.42.